The molecule has 3 aromatic rings. The first kappa shape index (κ1) is 28.4. The van der Waals surface area contributed by atoms with Crippen LogP contribution < -0.4 is 10.0 Å². The molecule has 1 aromatic heterocycles. The summed E-state index contributed by atoms with van der Waals surface area (Å²) < 4.78 is 36.6. The van der Waals surface area contributed by atoms with Gasteiger partial charge in [0.25, 0.3) is 0 Å². The highest BCUT2D eigenvalue weighted by Crippen LogP contribution is 2.42. The van der Waals surface area contributed by atoms with E-state index >= 15 is 0 Å². The van der Waals surface area contributed by atoms with Crippen LogP contribution in [0.25, 0.3) is 10.9 Å². The molecule has 5 rings (SSSR count). The molecule has 0 saturated heterocycles. The van der Waals surface area contributed by atoms with Gasteiger partial charge in [0, 0.05) is 30.2 Å². The first-order valence-corrected chi connectivity index (χ1v) is 15.5. The van der Waals surface area contributed by atoms with Gasteiger partial charge in [-0.1, -0.05) is 36.4 Å². The largest absolute Gasteiger partial charge is 0.469 e. The van der Waals surface area contributed by atoms with Crippen LogP contribution in [0.5, 0.6) is 0 Å². The van der Waals surface area contributed by atoms with Gasteiger partial charge in [0.1, 0.15) is 0 Å². The van der Waals surface area contributed by atoms with Gasteiger partial charge in [0.2, 0.25) is 15.9 Å². The molecule has 2 N–H and O–H groups in total. The van der Waals surface area contributed by atoms with Crippen molar-refractivity contribution in [3.05, 3.63) is 65.9 Å². The van der Waals surface area contributed by atoms with E-state index in [0.29, 0.717) is 31.6 Å². The van der Waals surface area contributed by atoms with Crippen LogP contribution in [0.3, 0.4) is 0 Å². The Morgan fingerprint density at radius 3 is 2.27 bits per heavy atom. The Bertz CT molecular complexity index is 1500. The van der Waals surface area contributed by atoms with Gasteiger partial charge >= 0.3 is 5.97 Å². The summed E-state index contributed by atoms with van der Waals surface area (Å²) in [6.45, 7) is 3.53. The van der Waals surface area contributed by atoms with Crippen molar-refractivity contribution in [3.8, 4) is 0 Å². The van der Waals surface area contributed by atoms with E-state index in [-0.39, 0.29) is 22.8 Å². The lowest BCUT2D eigenvalue weighted by atomic mass is 9.79. The number of nitrogens with one attached hydrogen (secondary N) is 2. The Labute approximate surface area is 236 Å². The molecule has 2 aromatic carbocycles. The molecule has 9 heteroatoms. The molecule has 1 amide bonds. The predicted octanol–water partition coefficient (Wildman–Crippen LogP) is 4.95. The number of carbonyl (C=O) groups excluding carboxylic acids is 2. The van der Waals surface area contributed by atoms with Crippen LogP contribution in [-0.4, -0.2) is 38.0 Å². The number of aromatic nitrogens is 1. The number of ether oxygens (including phenoxy) is 1. The number of hydrogen-bond acceptors (Lipinski definition) is 5. The minimum atomic E-state index is -3.70. The zero-order chi connectivity index (χ0) is 28.7. The summed E-state index contributed by atoms with van der Waals surface area (Å²) in [5, 5.41) is 4.16. The number of methoxy groups -OCH3 is 1. The molecule has 0 aliphatic heterocycles. The molecule has 2 fully saturated rings. The van der Waals surface area contributed by atoms with Crippen molar-refractivity contribution in [3.63, 3.8) is 0 Å². The maximum absolute atomic E-state index is 13.4. The Morgan fingerprint density at radius 1 is 0.975 bits per heavy atom. The van der Waals surface area contributed by atoms with E-state index in [4.69, 9.17) is 4.74 Å². The minimum Gasteiger partial charge on any atom is -0.469 e. The summed E-state index contributed by atoms with van der Waals surface area (Å²) in [4.78, 5) is 26.2. The van der Waals surface area contributed by atoms with Crippen molar-refractivity contribution < 1.29 is 22.7 Å². The number of hydrogen-bond donors (Lipinski definition) is 2. The minimum absolute atomic E-state index is 0.132. The van der Waals surface area contributed by atoms with E-state index in [1.54, 1.807) is 26.0 Å². The quantitative estimate of drug-likeness (QED) is 0.357. The van der Waals surface area contributed by atoms with E-state index in [1.807, 2.05) is 43.4 Å². The third-order valence-corrected chi connectivity index (χ3v) is 10.2. The lowest BCUT2D eigenvalue weighted by Crippen LogP contribution is -2.46. The molecule has 0 radical (unpaired) electrons. The Hall–Kier alpha value is -3.17. The van der Waals surface area contributed by atoms with Gasteiger partial charge in [-0.3, -0.25) is 9.59 Å². The molecule has 0 spiro atoms. The van der Waals surface area contributed by atoms with Crippen LogP contribution in [0.1, 0.15) is 75.6 Å². The molecule has 1 atom stereocenters. The van der Waals surface area contributed by atoms with Crippen molar-refractivity contribution in [2.45, 2.75) is 75.3 Å². The second-order valence-electron chi connectivity index (χ2n) is 11.9. The van der Waals surface area contributed by atoms with Crippen molar-refractivity contribution in [1.29, 1.82) is 0 Å². The fourth-order valence-corrected chi connectivity index (χ4v) is 7.32. The number of aryl methyl sites for hydroxylation is 1. The number of esters is 1. The topological polar surface area (TPSA) is 106 Å². The molecule has 2 saturated carbocycles. The van der Waals surface area contributed by atoms with Gasteiger partial charge in [0.15, 0.2) is 0 Å². The highest BCUT2D eigenvalue weighted by molar-refractivity contribution is 7.89. The van der Waals surface area contributed by atoms with Crippen LogP contribution >= 0.6 is 0 Å². The maximum Gasteiger partial charge on any atom is 0.313 e. The summed E-state index contributed by atoms with van der Waals surface area (Å²) in [5.74, 6) is -0.219. The normalized spacial score (nSPS) is 20.7. The Morgan fingerprint density at radius 2 is 1.65 bits per heavy atom. The summed E-state index contributed by atoms with van der Waals surface area (Å²) in [5.41, 5.74) is 2.04. The molecule has 2 aliphatic rings. The van der Waals surface area contributed by atoms with Gasteiger partial charge in [-0.15, -0.1) is 0 Å². The van der Waals surface area contributed by atoms with Crippen LogP contribution in [0.4, 0.5) is 0 Å². The highest BCUT2D eigenvalue weighted by Gasteiger charge is 2.41. The fourth-order valence-electron chi connectivity index (χ4n) is 6.00. The molecule has 40 heavy (non-hydrogen) atoms. The van der Waals surface area contributed by atoms with Crippen LogP contribution in [-0.2, 0) is 31.4 Å². The van der Waals surface area contributed by atoms with E-state index in [0.717, 1.165) is 16.5 Å². The van der Waals surface area contributed by atoms with Crippen molar-refractivity contribution >= 4 is 32.8 Å². The van der Waals surface area contributed by atoms with Crippen LogP contribution in [0.15, 0.2) is 59.5 Å². The van der Waals surface area contributed by atoms with Gasteiger partial charge < -0.3 is 14.6 Å². The molecular weight excluding hydrogens is 526 g/mol. The number of carbonyl (C=O) groups is 2. The van der Waals surface area contributed by atoms with E-state index in [1.165, 1.54) is 25.6 Å². The van der Waals surface area contributed by atoms with Crippen molar-refractivity contribution in [1.82, 2.24) is 14.6 Å². The van der Waals surface area contributed by atoms with E-state index < -0.39 is 27.4 Å². The summed E-state index contributed by atoms with van der Waals surface area (Å²) in [6.07, 6.45) is 4.61. The van der Waals surface area contributed by atoms with E-state index in [2.05, 4.69) is 20.7 Å². The fraction of sp³-hybridized carbons (Fsp3) is 0.484. The van der Waals surface area contributed by atoms with Gasteiger partial charge in [-0.05, 0) is 87.4 Å². The molecule has 0 unspecified atom stereocenters. The number of amides is 1. The van der Waals surface area contributed by atoms with Crippen LogP contribution in [0, 0.1) is 11.3 Å². The monoisotopic (exact) mass is 565 g/mol. The number of sulfonamides is 1. The highest BCUT2D eigenvalue weighted by atomic mass is 32.2. The molecule has 214 valence electrons. The summed E-state index contributed by atoms with van der Waals surface area (Å²) >= 11 is 0. The standard InChI is InChI=1S/C31H39N3O5S/c1-31(2,30(36)39-4)28(21-8-6-5-7-9-21)32-29(35)22-12-15-24(16-13-22)33-40(37,38)25-17-14-23-18-26(20-10-11-20)34(3)27(23)19-25/h5-9,14,17-20,22,24,28,33H,10-13,15-16H2,1-4H3,(H,32,35)/t22?,24?,28-/m0/s1. The second kappa shape index (κ2) is 11.0. The van der Waals surface area contributed by atoms with Gasteiger partial charge in [-0.25, -0.2) is 13.1 Å². The van der Waals surface area contributed by atoms with Gasteiger partial charge in [-0.2, -0.15) is 0 Å². The SMILES string of the molecule is COC(=O)C(C)(C)[C@@H](NC(=O)C1CCC(NS(=O)(=O)c2ccc3cc(C4CC4)n(C)c3c2)CC1)c1ccccc1. The molecule has 0 bridgehead atoms. The average molecular weight is 566 g/mol. The third kappa shape index (κ3) is 5.67. The first-order chi connectivity index (χ1) is 19.0. The Kier molecular flexibility index (Phi) is 7.81. The first-order valence-electron chi connectivity index (χ1n) is 14.1. The Balaban J connectivity index is 1.23. The average Bonchev–Trinajstić information content (AvgIpc) is 3.74. The number of nitrogens with zero attached hydrogens (tertiary/aromatic N) is 1. The van der Waals surface area contributed by atoms with E-state index in [9.17, 15) is 18.0 Å². The van der Waals surface area contributed by atoms with Crippen LogP contribution in [0.2, 0.25) is 0 Å². The molecule has 8 nitrogen and oxygen atoms in total. The zero-order valence-electron chi connectivity index (χ0n) is 23.6. The predicted molar refractivity (Wildman–Crippen MR) is 154 cm³/mol. The lowest BCUT2D eigenvalue weighted by Gasteiger charge is -2.35. The van der Waals surface area contributed by atoms with Crippen molar-refractivity contribution in [2.75, 3.05) is 7.11 Å². The number of fused-ring (bicyclic) bond motifs is 1. The molecule has 2 aliphatic carbocycles. The number of rotatable bonds is 9. The lowest BCUT2D eigenvalue weighted by molar-refractivity contribution is -0.153. The third-order valence-electron chi connectivity index (χ3n) is 8.63. The molecular formula is C31H39N3O5S. The number of benzene rings is 2. The summed E-state index contributed by atoms with van der Waals surface area (Å²) in [6, 6.07) is 16.1. The second-order valence-corrected chi connectivity index (χ2v) is 13.6. The zero-order valence-corrected chi connectivity index (χ0v) is 24.5. The smallest absolute Gasteiger partial charge is 0.313 e. The molecule has 1 heterocycles. The van der Waals surface area contributed by atoms with Crippen molar-refractivity contribution in [2.24, 2.45) is 18.4 Å². The maximum atomic E-state index is 13.4. The van der Waals surface area contributed by atoms with Gasteiger partial charge in [0.05, 0.1) is 23.5 Å². The summed E-state index contributed by atoms with van der Waals surface area (Å²) in [7, 11) is -0.356.